The summed E-state index contributed by atoms with van der Waals surface area (Å²) in [6.45, 7) is 2.24. The lowest BCUT2D eigenvalue weighted by Gasteiger charge is -2.28. The summed E-state index contributed by atoms with van der Waals surface area (Å²) in [4.78, 5) is 20.5. The predicted octanol–water partition coefficient (Wildman–Crippen LogP) is 5.68. The van der Waals surface area contributed by atoms with E-state index in [1.807, 2.05) is 47.3 Å². The average molecular weight is 410 g/mol. The van der Waals surface area contributed by atoms with E-state index in [1.165, 1.54) is 24.9 Å². The molecule has 1 aromatic heterocycles. The molecule has 1 aliphatic rings. The van der Waals surface area contributed by atoms with Crippen molar-refractivity contribution in [2.45, 2.75) is 29.9 Å². The van der Waals surface area contributed by atoms with E-state index in [4.69, 9.17) is 0 Å². The smallest absolute Gasteiger partial charge is 0.256 e. The minimum Gasteiger partial charge on any atom is -0.372 e. The molecule has 1 saturated heterocycles. The van der Waals surface area contributed by atoms with Crippen molar-refractivity contribution in [1.29, 1.82) is 0 Å². The minimum absolute atomic E-state index is 0.0768. The van der Waals surface area contributed by atoms with Crippen LogP contribution in [0.3, 0.4) is 0 Å². The molecule has 1 N–H and O–H groups in total. The molecular weight excluding hydrogens is 386 g/mol. The van der Waals surface area contributed by atoms with Crippen molar-refractivity contribution in [1.82, 2.24) is 4.98 Å². The van der Waals surface area contributed by atoms with Gasteiger partial charge in [0, 0.05) is 40.5 Å². The van der Waals surface area contributed by atoms with Crippen molar-refractivity contribution in [3.63, 3.8) is 0 Å². The third kappa shape index (κ3) is 4.75. The zero-order valence-corrected chi connectivity index (χ0v) is 17.3. The SMILES string of the molecule is O=C(Nc1ccc(N2CCCCC2)cc1)c1ccccc1SCc1cscn1. The third-order valence-corrected chi connectivity index (χ3v) is 6.58. The van der Waals surface area contributed by atoms with Gasteiger partial charge in [-0.2, -0.15) is 0 Å². The molecule has 2 heterocycles. The summed E-state index contributed by atoms with van der Waals surface area (Å²) in [6.07, 6.45) is 3.84. The molecular formula is C22H23N3OS2. The van der Waals surface area contributed by atoms with Crippen molar-refractivity contribution in [2.24, 2.45) is 0 Å². The lowest BCUT2D eigenvalue weighted by atomic mass is 10.1. The molecule has 0 spiro atoms. The summed E-state index contributed by atoms with van der Waals surface area (Å²) in [7, 11) is 0. The van der Waals surface area contributed by atoms with Crippen molar-refractivity contribution in [3.05, 3.63) is 70.7 Å². The van der Waals surface area contributed by atoms with E-state index < -0.39 is 0 Å². The van der Waals surface area contributed by atoms with Gasteiger partial charge in [0.25, 0.3) is 5.91 Å². The molecule has 0 bridgehead atoms. The number of benzene rings is 2. The Labute approximate surface area is 174 Å². The Bertz CT molecular complexity index is 904. The first-order chi connectivity index (χ1) is 13.8. The van der Waals surface area contributed by atoms with Crippen LogP contribution in [-0.4, -0.2) is 24.0 Å². The zero-order chi connectivity index (χ0) is 19.2. The second-order valence-electron chi connectivity index (χ2n) is 6.81. The van der Waals surface area contributed by atoms with Crippen LogP contribution in [-0.2, 0) is 5.75 Å². The molecule has 1 aliphatic heterocycles. The summed E-state index contributed by atoms with van der Waals surface area (Å²) >= 11 is 3.23. The number of hydrogen-bond acceptors (Lipinski definition) is 5. The van der Waals surface area contributed by atoms with E-state index in [1.54, 1.807) is 23.1 Å². The molecule has 0 unspecified atom stereocenters. The van der Waals surface area contributed by atoms with Crippen molar-refractivity contribution >= 4 is 40.4 Å². The first-order valence-corrected chi connectivity index (χ1v) is 11.5. The number of anilines is 2. The van der Waals surface area contributed by atoms with Gasteiger partial charge in [0.15, 0.2) is 0 Å². The Morgan fingerprint density at radius 2 is 1.86 bits per heavy atom. The second kappa shape index (κ2) is 9.26. The van der Waals surface area contributed by atoms with E-state index in [0.29, 0.717) is 5.56 Å². The summed E-state index contributed by atoms with van der Waals surface area (Å²) < 4.78 is 0. The van der Waals surface area contributed by atoms with E-state index >= 15 is 0 Å². The monoisotopic (exact) mass is 409 g/mol. The van der Waals surface area contributed by atoms with Crippen LogP contribution in [0.1, 0.15) is 35.3 Å². The largest absolute Gasteiger partial charge is 0.372 e. The van der Waals surface area contributed by atoms with E-state index in [0.717, 1.165) is 35.1 Å². The molecule has 1 fully saturated rings. The Morgan fingerprint density at radius 3 is 2.61 bits per heavy atom. The molecule has 6 heteroatoms. The summed E-state index contributed by atoms with van der Waals surface area (Å²) in [5.41, 5.74) is 5.63. The molecule has 2 aromatic carbocycles. The van der Waals surface area contributed by atoms with Crippen LogP contribution < -0.4 is 10.2 Å². The third-order valence-electron chi connectivity index (χ3n) is 4.84. The number of carbonyl (C=O) groups excluding carboxylic acids is 1. The number of carbonyl (C=O) groups is 1. The fourth-order valence-electron chi connectivity index (χ4n) is 3.35. The molecule has 4 nitrogen and oxygen atoms in total. The standard InChI is InChI=1S/C22H23N3OS2/c26-22(20-6-2-3-7-21(20)28-15-18-14-27-16-23-18)24-17-8-10-19(11-9-17)25-12-4-1-5-13-25/h2-3,6-11,14,16H,1,4-5,12-13,15H2,(H,24,26). The summed E-state index contributed by atoms with van der Waals surface area (Å²) in [5.74, 6) is 0.685. The number of hydrogen-bond donors (Lipinski definition) is 1. The van der Waals surface area contributed by atoms with E-state index in [2.05, 4.69) is 27.3 Å². The lowest BCUT2D eigenvalue weighted by Crippen LogP contribution is -2.29. The molecule has 1 amide bonds. The highest BCUT2D eigenvalue weighted by Crippen LogP contribution is 2.27. The van der Waals surface area contributed by atoms with Gasteiger partial charge < -0.3 is 10.2 Å². The molecule has 0 radical (unpaired) electrons. The van der Waals surface area contributed by atoms with Gasteiger partial charge in [0.1, 0.15) is 0 Å². The average Bonchev–Trinajstić information content (AvgIpc) is 3.27. The van der Waals surface area contributed by atoms with Crippen LogP contribution in [0.5, 0.6) is 0 Å². The second-order valence-corrected chi connectivity index (χ2v) is 8.55. The molecule has 0 saturated carbocycles. The lowest BCUT2D eigenvalue weighted by molar-refractivity contribution is 0.102. The number of amides is 1. The molecule has 3 aromatic rings. The normalized spacial score (nSPS) is 14.1. The Balaban J connectivity index is 1.42. The fraction of sp³-hybridized carbons (Fsp3) is 0.273. The van der Waals surface area contributed by atoms with Crippen LogP contribution in [0.25, 0.3) is 0 Å². The number of aromatic nitrogens is 1. The quantitative estimate of drug-likeness (QED) is 0.532. The minimum atomic E-state index is -0.0768. The Morgan fingerprint density at radius 1 is 1.07 bits per heavy atom. The Hall–Kier alpha value is -2.31. The highest BCUT2D eigenvalue weighted by atomic mass is 32.2. The van der Waals surface area contributed by atoms with Gasteiger partial charge in [-0.1, -0.05) is 12.1 Å². The molecule has 28 heavy (non-hydrogen) atoms. The predicted molar refractivity (Wildman–Crippen MR) is 119 cm³/mol. The number of rotatable bonds is 6. The van der Waals surface area contributed by atoms with Crippen molar-refractivity contribution in [2.75, 3.05) is 23.3 Å². The maximum absolute atomic E-state index is 12.8. The summed E-state index contributed by atoms with van der Waals surface area (Å²) in [5, 5.41) is 5.08. The van der Waals surface area contributed by atoms with E-state index in [9.17, 15) is 4.79 Å². The number of thiazole rings is 1. The molecule has 0 atom stereocenters. The maximum Gasteiger partial charge on any atom is 0.256 e. The number of thioether (sulfide) groups is 1. The van der Waals surface area contributed by atoms with Gasteiger partial charge in [-0.05, 0) is 55.7 Å². The van der Waals surface area contributed by atoms with E-state index in [-0.39, 0.29) is 5.91 Å². The van der Waals surface area contributed by atoms with Crippen LogP contribution >= 0.6 is 23.1 Å². The first kappa shape index (κ1) is 19.0. The van der Waals surface area contributed by atoms with Gasteiger partial charge in [-0.15, -0.1) is 23.1 Å². The highest BCUT2D eigenvalue weighted by molar-refractivity contribution is 7.98. The number of nitrogens with zero attached hydrogens (tertiary/aromatic N) is 2. The molecule has 4 rings (SSSR count). The van der Waals surface area contributed by atoms with Gasteiger partial charge in [0.2, 0.25) is 0 Å². The first-order valence-electron chi connectivity index (χ1n) is 9.55. The van der Waals surface area contributed by atoms with Crippen LogP contribution in [0.2, 0.25) is 0 Å². The maximum atomic E-state index is 12.8. The summed E-state index contributed by atoms with van der Waals surface area (Å²) in [6, 6.07) is 15.9. The van der Waals surface area contributed by atoms with Crippen molar-refractivity contribution in [3.8, 4) is 0 Å². The fourth-order valence-corrected chi connectivity index (χ4v) is 4.96. The van der Waals surface area contributed by atoms with Crippen LogP contribution in [0, 0.1) is 0 Å². The van der Waals surface area contributed by atoms with Crippen LogP contribution in [0.4, 0.5) is 11.4 Å². The topological polar surface area (TPSA) is 45.2 Å². The van der Waals surface area contributed by atoms with Gasteiger partial charge in [0.05, 0.1) is 16.8 Å². The number of nitrogens with one attached hydrogen (secondary N) is 1. The molecule has 144 valence electrons. The number of piperidine rings is 1. The van der Waals surface area contributed by atoms with Crippen LogP contribution in [0.15, 0.2) is 64.3 Å². The van der Waals surface area contributed by atoms with Gasteiger partial charge in [-0.25, -0.2) is 4.98 Å². The molecule has 0 aliphatic carbocycles. The van der Waals surface area contributed by atoms with Gasteiger partial charge in [-0.3, -0.25) is 4.79 Å². The Kier molecular flexibility index (Phi) is 6.29. The zero-order valence-electron chi connectivity index (χ0n) is 15.6. The van der Waals surface area contributed by atoms with Gasteiger partial charge >= 0.3 is 0 Å². The van der Waals surface area contributed by atoms with Crippen molar-refractivity contribution < 1.29 is 4.79 Å². The highest BCUT2D eigenvalue weighted by Gasteiger charge is 2.14.